The van der Waals surface area contributed by atoms with Crippen molar-refractivity contribution in [3.05, 3.63) is 35.9 Å². The van der Waals surface area contributed by atoms with Crippen LogP contribution in [0, 0.1) is 0 Å². The second-order valence-corrected chi connectivity index (χ2v) is 4.37. The van der Waals surface area contributed by atoms with E-state index >= 15 is 0 Å². The van der Waals surface area contributed by atoms with Gasteiger partial charge in [-0.1, -0.05) is 52.9 Å². The molecule has 10 heavy (non-hydrogen) atoms. The van der Waals surface area contributed by atoms with E-state index in [2.05, 4.69) is 52.9 Å². The van der Waals surface area contributed by atoms with E-state index in [9.17, 15) is 0 Å². The zero-order valence-electron chi connectivity index (χ0n) is 5.63. The molecular formula is C9H9I. The summed E-state index contributed by atoms with van der Waals surface area (Å²) in [6, 6.07) is 10.8. The van der Waals surface area contributed by atoms with Crippen LogP contribution in [-0.2, 0) is 0 Å². The molecule has 0 heterocycles. The summed E-state index contributed by atoms with van der Waals surface area (Å²) in [6.45, 7) is 0. The van der Waals surface area contributed by atoms with Crippen molar-refractivity contribution in [3.63, 3.8) is 0 Å². The molecule has 0 bridgehead atoms. The van der Waals surface area contributed by atoms with Crippen LogP contribution in [0.15, 0.2) is 30.3 Å². The lowest BCUT2D eigenvalue weighted by Gasteiger charge is -1.93. The Hall–Kier alpha value is -0.0500. The van der Waals surface area contributed by atoms with Crippen molar-refractivity contribution in [2.75, 3.05) is 0 Å². The topological polar surface area (TPSA) is 0 Å². The van der Waals surface area contributed by atoms with Gasteiger partial charge < -0.3 is 0 Å². The number of halogens is 1. The molecule has 2 rings (SSSR count). The smallest absolute Gasteiger partial charge is 0.0185 e. The summed E-state index contributed by atoms with van der Waals surface area (Å²) in [5, 5.41) is 0. The first-order valence-electron chi connectivity index (χ1n) is 3.57. The van der Waals surface area contributed by atoms with Crippen LogP contribution in [0.2, 0.25) is 0 Å². The number of hydrogen-bond acceptors (Lipinski definition) is 0. The van der Waals surface area contributed by atoms with Gasteiger partial charge in [-0.3, -0.25) is 0 Å². The molecule has 0 aliphatic heterocycles. The number of benzene rings is 1. The normalized spacial score (nSPS) is 30.1. The van der Waals surface area contributed by atoms with Gasteiger partial charge in [0.25, 0.3) is 0 Å². The molecular weight excluding hydrogens is 235 g/mol. The van der Waals surface area contributed by atoms with Gasteiger partial charge in [-0.15, -0.1) is 0 Å². The van der Waals surface area contributed by atoms with Crippen molar-refractivity contribution in [1.29, 1.82) is 0 Å². The molecule has 1 heteroatoms. The van der Waals surface area contributed by atoms with Gasteiger partial charge in [-0.05, 0) is 17.9 Å². The molecule has 0 aromatic heterocycles. The van der Waals surface area contributed by atoms with Crippen LogP contribution in [0.5, 0.6) is 0 Å². The predicted molar refractivity (Wildman–Crippen MR) is 51.6 cm³/mol. The van der Waals surface area contributed by atoms with Crippen LogP contribution < -0.4 is 0 Å². The summed E-state index contributed by atoms with van der Waals surface area (Å²) < 4.78 is 0.903. The van der Waals surface area contributed by atoms with Crippen LogP contribution in [-0.4, -0.2) is 3.92 Å². The average molecular weight is 244 g/mol. The van der Waals surface area contributed by atoms with Gasteiger partial charge in [-0.25, -0.2) is 0 Å². The van der Waals surface area contributed by atoms with Crippen LogP contribution in [0.3, 0.4) is 0 Å². The van der Waals surface area contributed by atoms with Crippen molar-refractivity contribution in [3.8, 4) is 0 Å². The van der Waals surface area contributed by atoms with Crippen molar-refractivity contribution >= 4 is 22.6 Å². The van der Waals surface area contributed by atoms with Gasteiger partial charge in [0.2, 0.25) is 0 Å². The minimum absolute atomic E-state index is 0.863. The summed E-state index contributed by atoms with van der Waals surface area (Å²) in [6.07, 6.45) is 1.38. The molecule has 52 valence electrons. The Morgan fingerprint density at radius 1 is 1.20 bits per heavy atom. The van der Waals surface area contributed by atoms with Crippen molar-refractivity contribution in [1.82, 2.24) is 0 Å². The van der Waals surface area contributed by atoms with E-state index < -0.39 is 0 Å². The monoisotopic (exact) mass is 244 g/mol. The molecule has 1 aromatic rings. The van der Waals surface area contributed by atoms with Crippen molar-refractivity contribution < 1.29 is 0 Å². The molecule has 0 saturated heterocycles. The fraction of sp³-hybridized carbons (Fsp3) is 0.333. The summed E-state index contributed by atoms with van der Waals surface area (Å²) in [7, 11) is 0. The highest BCUT2D eigenvalue weighted by molar-refractivity contribution is 14.1. The maximum atomic E-state index is 2.52. The molecule has 0 amide bonds. The molecule has 1 aliphatic rings. The van der Waals surface area contributed by atoms with Gasteiger partial charge in [0.1, 0.15) is 0 Å². The molecule has 1 aliphatic carbocycles. The van der Waals surface area contributed by atoms with Gasteiger partial charge in [0, 0.05) is 3.92 Å². The quantitative estimate of drug-likeness (QED) is 0.526. The highest BCUT2D eigenvalue weighted by Gasteiger charge is 2.35. The zero-order chi connectivity index (χ0) is 6.97. The van der Waals surface area contributed by atoms with Gasteiger partial charge >= 0.3 is 0 Å². The van der Waals surface area contributed by atoms with Crippen molar-refractivity contribution in [2.45, 2.75) is 16.3 Å². The van der Waals surface area contributed by atoms with Crippen molar-refractivity contribution in [2.24, 2.45) is 0 Å². The van der Waals surface area contributed by atoms with Crippen LogP contribution in [0.25, 0.3) is 0 Å². The molecule has 0 N–H and O–H groups in total. The summed E-state index contributed by atoms with van der Waals surface area (Å²) >= 11 is 2.52. The van der Waals surface area contributed by atoms with Crippen LogP contribution in [0.4, 0.5) is 0 Å². The first-order valence-corrected chi connectivity index (χ1v) is 4.81. The van der Waals surface area contributed by atoms with Gasteiger partial charge in [-0.2, -0.15) is 0 Å². The first-order chi connectivity index (χ1) is 4.88. The molecule has 1 fully saturated rings. The summed E-state index contributed by atoms with van der Waals surface area (Å²) in [5.74, 6) is 0.863. The van der Waals surface area contributed by atoms with Gasteiger partial charge in [0.05, 0.1) is 0 Å². The first kappa shape index (κ1) is 6.65. The van der Waals surface area contributed by atoms with Crippen LogP contribution in [0.1, 0.15) is 17.9 Å². The average Bonchev–Trinajstić information content (AvgIpc) is 2.69. The lowest BCUT2D eigenvalue weighted by Crippen LogP contribution is -1.78. The van der Waals surface area contributed by atoms with E-state index in [1.165, 1.54) is 12.0 Å². The summed E-state index contributed by atoms with van der Waals surface area (Å²) in [4.78, 5) is 0. The number of rotatable bonds is 1. The molecule has 0 spiro atoms. The third-order valence-electron chi connectivity index (χ3n) is 1.94. The molecule has 1 aromatic carbocycles. The Morgan fingerprint density at radius 2 is 1.80 bits per heavy atom. The predicted octanol–water partition coefficient (Wildman–Crippen LogP) is 2.98. The highest BCUT2D eigenvalue weighted by atomic mass is 127. The maximum Gasteiger partial charge on any atom is 0.0185 e. The Morgan fingerprint density at radius 3 is 2.30 bits per heavy atom. The van der Waals surface area contributed by atoms with E-state index in [-0.39, 0.29) is 0 Å². The van der Waals surface area contributed by atoms with E-state index in [4.69, 9.17) is 0 Å². The maximum absolute atomic E-state index is 2.52. The van der Waals surface area contributed by atoms with E-state index in [0.29, 0.717) is 0 Å². The van der Waals surface area contributed by atoms with E-state index in [1.807, 2.05) is 0 Å². The molecule has 0 unspecified atom stereocenters. The van der Waals surface area contributed by atoms with Gasteiger partial charge in [0.15, 0.2) is 0 Å². The zero-order valence-corrected chi connectivity index (χ0v) is 7.78. The Balaban J connectivity index is 2.20. The largest absolute Gasteiger partial charge is 0.0819 e. The van der Waals surface area contributed by atoms with E-state index in [0.717, 1.165) is 9.84 Å². The lowest BCUT2D eigenvalue weighted by atomic mass is 10.1. The molecule has 2 atom stereocenters. The van der Waals surface area contributed by atoms with Crippen LogP contribution >= 0.6 is 22.6 Å². The second-order valence-electron chi connectivity index (χ2n) is 2.77. The SMILES string of the molecule is I[C@@H]1C[C@@H]1c1ccccc1. The molecule has 0 nitrogen and oxygen atoms in total. The Kier molecular flexibility index (Phi) is 1.68. The Labute approximate surface area is 74.8 Å². The number of hydrogen-bond donors (Lipinski definition) is 0. The minimum Gasteiger partial charge on any atom is -0.0819 e. The molecule has 0 radical (unpaired) electrons. The lowest BCUT2D eigenvalue weighted by molar-refractivity contribution is 1.14. The standard InChI is InChI=1S/C9H9I/c10-9-6-8(9)7-4-2-1-3-5-7/h1-5,8-9H,6H2/t8-,9-/m1/s1. The third-order valence-corrected chi connectivity index (χ3v) is 3.32. The Bertz CT molecular complexity index is 217. The van der Waals surface area contributed by atoms with E-state index in [1.54, 1.807) is 0 Å². The third kappa shape index (κ3) is 1.19. The fourth-order valence-electron chi connectivity index (χ4n) is 1.21. The highest BCUT2D eigenvalue weighted by Crippen LogP contribution is 2.46. The number of alkyl halides is 1. The fourth-order valence-corrected chi connectivity index (χ4v) is 2.17. The molecule has 1 saturated carbocycles. The minimum atomic E-state index is 0.863. The summed E-state index contributed by atoms with van der Waals surface area (Å²) in [5.41, 5.74) is 1.52. The second kappa shape index (κ2) is 2.53.